The average Bonchev–Trinajstić information content (AvgIpc) is 2.39. The maximum atomic E-state index is 12.5. The molecule has 2 rings (SSSR count). The third-order valence-electron chi connectivity index (χ3n) is 2.90. The minimum absolute atomic E-state index is 0.0706. The van der Waals surface area contributed by atoms with Crippen molar-refractivity contribution in [2.75, 3.05) is 19.8 Å². The molecule has 6 heteroatoms. The van der Waals surface area contributed by atoms with Crippen LogP contribution in [-0.4, -0.2) is 38.5 Å². The standard InChI is InChI=1S/C12H14N2O3S/c1-10-9-17-7-6-14(10)18(15,16)12-5-3-2-4-11(12)8-13/h2-5,10H,6-7,9H2,1H3. The molecule has 18 heavy (non-hydrogen) atoms. The number of benzene rings is 1. The van der Waals surface area contributed by atoms with Crippen LogP contribution in [0.2, 0.25) is 0 Å². The fourth-order valence-electron chi connectivity index (χ4n) is 1.98. The lowest BCUT2D eigenvalue weighted by atomic mass is 10.2. The lowest BCUT2D eigenvalue weighted by Gasteiger charge is -2.32. The molecule has 1 fully saturated rings. The van der Waals surface area contributed by atoms with Gasteiger partial charge < -0.3 is 4.74 Å². The molecule has 0 bridgehead atoms. The predicted molar refractivity (Wildman–Crippen MR) is 65.3 cm³/mol. The molecule has 1 aliphatic heterocycles. The van der Waals surface area contributed by atoms with Crippen LogP contribution in [0.1, 0.15) is 12.5 Å². The highest BCUT2D eigenvalue weighted by Crippen LogP contribution is 2.23. The Bertz CT molecular complexity index is 577. The molecule has 0 N–H and O–H groups in total. The highest BCUT2D eigenvalue weighted by atomic mass is 32.2. The predicted octanol–water partition coefficient (Wildman–Crippen LogP) is 0.968. The van der Waals surface area contributed by atoms with Crippen molar-refractivity contribution in [3.63, 3.8) is 0 Å². The number of nitriles is 1. The molecule has 0 saturated carbocycles. The van der Waals surface area contributed by atoms with E-state index in [1.165, 1.54) is 16.4 Å². The molecule has 0 radical (unpaired) electrons. The van der Waals surface area contributed by atoms with Gasteiger partial charge in [0.05, 0.1) is 23.7 Å². The Balaban J connectivity index is 2.45. The Hall–Kier alpha value is -1.42. The van der Waals surface area contributed by atoms with Crippen molar-refractivity contribution in [3.05, 3.63) is 29.8 Å². The van der Waals surface area contributed by atoms with Crippen LogP contribution in [0.15, 0.2) is 29.2 Å². The lowest BCUT2D eigenvalue weighted by Crippen LogP contribution is -2.47. The third kappa shape index (κ3) is 2.25. The number of hydrogen-bond donors (Lipinski definition) is 0. The van der Waals surface area contributed by atoms with Gasteiger partial charge in [-0.3, -0.25) is 0 Å². The summed E-state index contributed by atoms with van der Waals surface area (Å²) < 4.78 is 31.6. The molecule has 1 aromatic carbocycles. The topological polar surface area (TPSA) is 70.4 Å². The quantitative estimate of drug-likeness (QED) is 0.799. The van der Waals surface area contributed by atoms with Gasteiger partial charge in [0.15, 0.2) is 0 Å². The van der Waals surface area contributed by atoms with Gasteiger partial charge in [-0.2, -0.15) is 9.57 Å². The van der Waals surface area contributed by atoms with E-state index in [-0.39, 0.29) is 16.5 Å². The second-order valence-electron chi connectivity index (χ2n) is 4.15. The van der Waals surface area contributed by atoms with Gasteiger partial charge in [-0.1, -0.05) is 12.1 Å². The van der Waals surface area contributed by atoms with Crippen molar-refractivity contribution in [1.82, 2.24) is 4.31 Å². The van der Waals surface area contributed by atoms with E-state index < -0.39 is 10.0 Å². The van der Waals surface area contributed by atoms with Gasteiger partial charge in [0, 0.05) is 12.6 Å². The van der Waals surface area contributed by atoms with Gasteiger partial charge >= 0.3 is 0 Å². The van der Waals surface area contributed by atoms with E-state index in [1.54, 1.807) is 19.1 Å². The monoisotopic (exact) mass is 266 g/mol. The summed E-state index contributed by atoms with van der Waals surface area (Å²) in [7, 11) is -3.62. The fourth-order valence-corrected chi connectivity index (χ4v) is 3.72. The fraction of sp³-hybridized carbons (Fsp3) is 0.417. The van der Waals surface area contributed by atoms with Crippen molar-refractivity contribution in [1.29, 1.82) is 5.26 Å². The highest BCUT2D eigenvalue weighted by molar-refractivity contribution is 7.89. The molecule has 1 atom stereocenters. The Kier molecular flexibility index (Phi) is 3.66. The second-order valence-corrected chi connectivity index (χ2v) is 6.01. The second kappa shape index (κ2) is 5.06. The Morgan fingerprint density at radius 2 is 2.17 bits per heavy atom. The summed E-state index contributed by atoms with van der Waals surface area (Å²) in [5, 5.41) is 8.99. The summed E-state index contributed by atoms with van der Waals surface area (Å²) in [6, 6.07) is 7.96. The molecule has 0 amide bonds. The number of nitrogens with zero attached hydrogens (tertiary/aromatic N) is 2. The summed E-state index contributed by atoms with van der Waals surface area (Å²) in [6.07, 6.45) is 0. The summed E-state index contributed by atoms with van der Waals surface area (Å²) >= 11 is 0. The van der Waals surface area contributed by atoms with Crippen molar-refractivity contribution in [2.45, 2.75) is 17.9 Å². The molecule has 1 heterocycles. The molecule has 0 aromatic heterocycles. The summed E-state index contributed by atoms with van der Waals surface area (Å²) in [5.41, 5.74) is 0.177. The maximum absolute atomic E-state index is 12.5. The largest absolute Gasteiger partial charge is 0.378 e. The molecule has 1 saturated heterocycles. The van der Waals surface area contributed by atoms with E-state index in [0.29, 0.717) is 19.8 Å². The van der Waals surface area contributed by atoms with Gasteiger partial charge in [0.1, 0.15) is 6.07 Å². The van der Waals surface area contributed by atoms with Gasteiger partial charge in [0.2, 0.25) is 10.0 Å². The van der Waals surface area contributed by atoms with Crippen LogP contribution in [0.3, 0.4) is 0 Å². The summed E-state index contributed by atoms with van der Waals surface area (Å²) in [5.74, 6) is 0. The van der Waals surface area contributed by atoms with E-state index >= 15 is 0 Å². The molecular weight excluding hydrogens is 252 g/mol. The van der Waals surface area contributed by atoms with E-state index in [4.69, 9.17) is 10.00 Å². The number of rotatable bonds is 2. The SMILES string of the molecule is CC1COCCN1S(=O)(=O)c1ccccc1C#N. The van der Waals surface area contributed by atoms with Gasteiger partial charge in [-0.25, -0.2) is 8.42 Å². The molecule has 1 unspecified atom stereocenters. The zero-order valence-electron chi connectivity index (χ0n) is 10.0. The van der Waals surface area contributed by atoms with Gasteiger partial charge in [-0.15, -0.1) is 0 Å². The molecule has 0 spiro atoms. The van der Waals surface area contributed by atoms with Crippen LogP contribution < -0.4 is 0 Å². The number of hydrogen-bond acceptors (Lipinski definition) is 4. The lowest BCUT2D eigenvalue weighted by molar-refractivity contribution is 0.0392. The molecule has 0 aliphatic carbocycles. The molecular formula is C12H14N2O3S. The van der Waals surface area contributed by atoms with Crippen molar-refractivity contribution in [2.24, 2.45) is 0 Å². The first kappa shape index (κ1) is 13.0. The number of ether oxygens (including phenoxy) is 1. The Labute approximate surface area is 107 Å². The van der Waals surface area contributed by atoms with Gasteiger partial charge in [0.25, 0.3) is 0 Å². The minimum Gasteiger partial charge on any atom is -0.378 e. The molecule has 1 aromatic rings. The normalized spacial score (nSPS) is 21.4. The van der Waals surface area contributed by atoms with Crippen molar-refractivity contribution >= 4 is 10.0 Å². The van der Waals surface area contributed by atoms with Crippen molar-refractivity contribution in [3.8, 4) is 6.07 Å². The van der Waals surface area contributed by atoms with E-state index in [9.17, 15) is 8.42 Å². The first-order valence-electron chi connectivity index (χ1n) is 5.66. The molecule has 1 aliphatic rings. The first-order valence-corrected chi connectivity index (χ1v) is 7.10. The third-order valence-corrected chi connectivity index (χ3v) is 4.97. The highest BCUT2D eigenvalue weighted by Gasteiger charge is 2.32. The smallest absolute Gasteiger partial charge is 0.244 e. The summed E-state index contributed by atoms with van der Waals surface area (Å²) in [4.78, 5) is 0.0706. The average molecular weight is 266 g/mol. The van der Waals surface area contributed by atoms with Crippen molar-refractivity contribution < 1.29 is 13.2 Å². The van der Waals surface area contributed by atoms with Crippen LogP contribution >= 0.6 is 0 Å². The van der Waals surface area contributed by atoms with Crippen LogP contribution in [0, 0.1) is 11.3 Å². The van der Waals surface area contributed by atoms with E-state index in [1.807, 2.05) is 6.07 Å². The van der Waals surface area contributed by atoms with Crippen LogP contribution in [0.5, 0.6) is 0 Å². The zero-order valence-corrected chi connectivity index (χ0v) is 10.9. The molecule has 96 valence electrons. The van der Waals surface area contributed by atoms with Crippen LogP contribution in [-0.2, 0) is 14.8 Å². The number of sulfonamides is 1. The maximum Gasteiger partial charge on any atom is 0.244 e. The zero-order chi connectivity index (χ0) is 13.2. The van der Waals surface area contributed by atoms with E-state index in [2.05, 4.69) is 0 Å². The first-order chi connectivity index (χ1) is 8.57. The summed E-state index contributed by atoms with van der Waals surface area (Å²) in [6.45, 7) is 2.89. The molecule has 5 nitrogen and oxygen atoms in total. The van der Waals surface area contributed by atoms with Crippen LogP contribution in [0.25, 0.3) is 0 Å². The number of morpholine rings is 1. The van der Waals surface area contributed by atoms with Gasteiger partial charge in [-0.05, 0) is 19.1 Å². The Morgan fingerprint density at radius 1 is 1.44 bits per heavy atom. The van der Waals surface area contributed by atoms with E-state index in [0.717, 1.165) is 0 Å². The Morgan fingerprint density at radius 3 is 2.83 bits per heavy atom. The minimum atomic E-state index is -3.62. The van der Waals surface area contributed by atoms with Crippen LogP contribution in [0.4, 0.5) is 0 Å².